The van der Waals surface area contributed by atoms with Gasteiger partial charge in [0.25, 0.3) is 5.69 Å². The molecule has 0 saturated carbocycles. The van der Waals surface area contributed by atoms with E-state index in [1.807, 2.05) is 0 Å². The summed E-state index contributed by atoms with van der Waals surface area (Å²) < 4.78 is 6.58. The lowest BCUT2D eigenvalue weighted by atomic mass is 10.0. The lowest BCUT2D eigenvalue weighted by Crippen LogP contribution is -2.41. The molecule has 24 heavy (non-hydrogen) atoms. The van der Waals surface area contributed by atoms with Crippen molar-refractivity contribution in [3.63, 3.8) is 0 Å². The van der Waals surface area contributed by atoms with Crippen LogP contribution in [-0.2, 0) is 7.05 Å². The summed E-state index contributed by atoms with van der Waals surface area (Å²) >= 11 is 0. The largest absolute Gasteiger partial charge is 0.253 e. The summed E-state index contributed by atoms with van der Waals surface area (Å²) in [6.45, 7) is 4.35. The SMILES string of the molecule is Cc1c(-[n+]2ccccc2C)cc2ccccc2c1-[n+]1cccn1C. The van der Waals surface area contributed by atoms with Gasteiger partial charge in [-0.3, -0.25) is 0 Å². The van der Waals surface area contributed by atoms with Gasteiger partial charge in [-0.1, -0.05) is 28.9 Å². The molecule has 4 aromatic rings. The Hall–Kier alpha value is -2.94. The number of rotatable bonds is 2. The van der Waals surface area contributed by atoms with Gasteiger partial charge in [0.15, 0.2) is 11.9 Å². The van der Waals surface area contributed by atoms with Crippen molar-refractivity contribution in [2.75, 3.05) is 0 Å². The van der Waals surface area contributed by atoms with E-state index in [4.69, 9.17) is 0 Å². The van der Waals surface area contributed by atoms with Crippen LogP contribution in [-0.4, -0.2) is 4.68 Å². The van der Waals surface area contributed by atoms with E-state index in [1.54, 1.807) is 0 Å². The summed E-state index contributed by atoms with van der Waals surface area (Å²) in [5.74, 6) is 0. The number of aromatic nitrogens is 3. The Morgan fingerprint density at radius 3 is 2.42 bits per heavy atom. The van der Waals surface area contributed by atoms with Crippen LogP contribution < -0.4 is 9.25 Å². The molecule has 4 rings (SSSR count). The predicted octanol–water partition coefficient (Wildman–Crippen LogP) is 3.35. The zero-order valence-corrected chi connectivity index (χ0v) is 14.3. The van der Waals surface area contributed by atoms with Crippen molar-refractivity contribution >= 4 is 10.8 Å². The molecule has 0 spiro atoms. The van der Waals surface area contributed by atoms with Crippen LogP contribution in [0.15, 0.2) is 73.2 Å². The van der Waals surface area contributed by atoms with Crippen molar-refractivity contribution in [3.8, 4) is 11.4 Å². The van der Waals surface area contributed by atoms with Crippen molar-refractivity contribution in [1.82, 2.24) is 4.68 Å². The Morgan fingerprint density at radius 2 is 1.67 bits per heavy atom. The Kier molecular flexibility index (Phi) is 3.42. The van der Waals surface area contributed by atoms with Gasteiger partial charge in [0.05, 0.1) is 24.2 Å². The van der Waals surface area contributed by atoms with Gasteiger partial charge in [0, 0.05) is 31.2 Å². The van der Waals surface area contributed by atoms with Crippen LogP contribution in [0.5, 0.6) is 0 Å². The molecule has 2 aromatic carbocycles. The first-order valence-electron chi connectivity index (χ1n) is 8.20. The van der Waals surface area contributed by atoms with Crippen molar-refractivity contribution < 1.29 is 9.25 Å². The fraction of sp³-hybridized carbons (Fsp3) is 0.143. The molecular formula is C21H21N3+2. The third-order valence-corrected chi connectivity index (χ3v) is 4.67. The molecule has 118 valence electrons. The fourth-order valence-corrected chi connectivity index (χ4v) is 3.42. The van der Waals surface area contributed by atoms with Gasteiger partial charge < -0.3 is 0 Å². The van der Waals surface area contributed by atoms with Gasteiger partial charge >= 0.3 is 0 Å². The standard InChI is InChI=1S/C21H21N3/c1-16-9-6-7-13-23(16)20-15-18-10-4-5-11-19(18)21(17(20)2)24-14-8-12-22(24)3/h4-15H,1-3H3/q+2. The molecular weight excluding hydrogens is 294 g/mol. The second-order valence-electron chi connectivity index (χ2n) is 6.21. The number of hydrogen-bond acceptors (Lipinski definition) is 0. The Bertz CT molecular complexity index is 1040. The number of pyridine rings is 1. The molecule has 3 nitrogen and oxygen atoms in total. The summed E-state index contributed by atoms with van der Waals surface area (Å²) in [6.07, 6.45) is 6.31. The maximum absolute atomic E-state index is 2.28. The molecule has 3 heteroatoms. The molecule has 0 aliphatic heterocycles. The average molecular weight is 315 g/mol. The normalized spacial score (nSPS) is 11.1. The first kappa shape index (κ1) is 14.6. The highest BCUT2D eigenvalue weighted by molar-refractivity contribution is 5.91. The summed E-state index contributed by atoms with van der Waals surface area (Å²) in [5, 5.41) is 2.51. The molecule has 0 atom stereocenters. The van der Waals surface area contributed by atoms with Gasteiger partial charge in [0.1, 0.15) is 0 Å². The van der Waals surface area contributed by atoms with Crippen LogP contribution in [0.1, 0.15) is 11.3 Å². The minimum absolute atomic E-state index is 1.22. The van der Waals surface area contributed by atoms with E-state index in [0.29, 0.717) is 0 Å². The lowest BCUT2D eigenvalue weighted by Gasteiger charge is -2.09. The molecule has 0 unspecified atom stereocenters. The minimum atomic E-state index is 1.22. The minimum Gasteiger partial charge on any atom is -0.164 e. The Balaban J connectivity index is 2.13. The molecule has 0 radical (unpaired) electrons. The summed E-state index contributed by atoms with van der Waals surface area (Å²) in [7, 11) is 2.07. The summed E-state index contributed by atoms with van der Waals surface area (Å²) in [5.41, 5.74) is 4.93. The first-order chi connectivity index (χ1) is 11.7. The number of nitrogens with zero attached hydrogens (tertiary/aromatic N) is 3. The molecule has 0 amide bonds. The molecule has 0 saturated heterocycles. The van der Waals surface area contributed by atoms with Gasteiger partial charge in [-0.05, 0) is 18.4 Å². The first-order valence-corrected chi connectivity index (χ1v) is 8.20. The highest BCUT2D eigenvalue weighted by atomic mass is 15.4. The number of benzene rings is 2. The molecule has 0 N–H and O–H groups in total. The van der Waals surface area contributed by atoms with E-state index in [0.717, 1.165) is 0 Å². The highest BCUT2D eigenvalue weighted by Crippen LogP contribution is 2.26. The van der Waals surface area contributed by atoms with E-state index >= 15 is 0 Å². The Labute approximate surface area is 142 Å². The quantitative estimate of drug-likeness (QED) is 0.503. The predicted molar refractivity (Wildman–Crippen MR) is 95.5 cm³/mol. The smallest absolute Gasteiger partial charge is 0.164 e. The van der Waals surface area contributed by atoms with Crippen molar-refractivity contribution in [3.05, 3.63) is 84.4 Å². The highest BCUT2D eigenvalue weighted by Gasteiger charge is 2.25. The zero-order chi connectivity index (χ0) is 16.7. The van der Waals surface area contributed by atoms with Crippen LogP contribution in [0.3, 0.4) is 0 Å². The van der Waals surface area contributed by atoms with Crippen LogP contribution in [0.2, 0.25) is 0 Å². The summed E-state index contributed by atoms with van der Waals surface area (Å²) in [4.78, 5) is 0. The third kappa shape index (κ3) is 2.21. The molecule has 0 fully saturated rings. The van der Waals surface area contributed by atoms with E-state index in [9.17, 15) is 0 Å². The maximum atomic E-state index is 2.28. The van der Waals surface area contributed by atoms with Gasteiger partial charge in [-0.15, -0.1) is 0 Å². The van der Waals surface area contributed by atoms with Crippen molar-refractivity contribution in [2.24, 2.45) is 7.05 Å². The summed E-state index contributed by atoms with van der Waals surface area (Å²) in [6, 6.07) is 19.2. The monoisotopic (exact) mass is 315 g/mol. The van der Waals surface area contributed by atoms with Crippen molar-refractivity contribution in [2.45, 2.75) is 13.8 Å². The van der Waals surface area contributed by atoms with Crippen LogP contribution >= 0.6 is 0 Å². The lowest BCUT2D eigenvalue weighted by molar-refractivity contribution is -0.682. The zero-order valence-electron chi connectivity index (χ0n) is 14.3. The van der Waals surface area contributed by atoms with E-state index < -0.39 is 0 Å². The molecule has 0 aliphatic carbocycles. The van der Waals surface area contributed by atoms with Gasteiger partial charge in [0.2, 0.25) is 11.9 Å². The van der Waals surface area contributed by atoms with Gasteiger partial charge in [-0.25, -0.2) is 0 Å². The molecule has 0 bridgehead atoms. The number of fused-ring (bicyclic) bond motifs is 1. The van der Waals surface area contributed by atoms with Crippen LogP contribution in [0.4, 0.5) is 0 Å². The van der Waals surface area contributed by atoms with Crippen molar-refractivity contribution in [1.29, 1.82) is 0 Å². The van der Waals surface area contributed by atoms with E-state index in [1.165, 1.54) is 33.4 Å². The molecule has 0 aliphatic rings. The van der Waals surface area contributed by atoms with Crippen LogP contribution in [0, 0.1) is 13.8 Å². The van der Waals surface area contributed by atoms with Gasteiger partial charge in [-0.2, -0.15) is 9.25 Å². The number of aryl methyl sites for hydroxylation is 2. The van der Waals surface area contributed by atoms with E-state index in [-0.39, 0.29) is 0 Å². The van der Waals surface area contributed by atoms with Crippen LogP contribution in [0.25, 0.3) is 22.1 Å². The molecule has 2 heterocycles. The Morgan fingerprint density at radius 1 is 0.875 bits per heavy atom. The third-order valence-electron chi connectivity index (χ3n) is 4.67. The molecule has 2 aromatic heterocycles. The topological polar surface area (TPSA) is 12.7 Å². The second kappa shape index (κ2) is 5.60. The number of hydrogen-bond donors (Lipinski definition) is 0. The maximum Gasteiger partial charge on any atom is 0.253 e. The second-order valence-corrected chi connectivity index (χ2v) is 6.21. The fourth-order valence-electron chi connectivity index (χ4n) is 3.42. The van der Waals surface area contributed by atoms with E-state index in [2.05, 4.69) is 108 Å². The average Bonchev–Trinajstić information content (AvgIpc) is 3.01.